The molecule has 0 radical (unpaired) electrons. The number of hydrogen-bond donors (Lipinski definition) is 2. The van der Waals surface area contributed by atoms with Crippen LogP contribution in [0.25, 0.3) is 0 Å². The van der Waals surface area contributed by atoms with Gasteiger partial charge in [0.25, 0.3) is 0 Å². The lowest BCUT2D eigenvalue weighted by molar-refractivity contribution is -0.131. The lowest BCUT2D eigenvalue weighted by Gasteiger charge is -2.29. The molecule has 1 aromatic rings. The van der Waals surface area contributed by atoms with E-state index in [1.807, 2.05) is 6.07 Å². The van der Waals surface area contributed by atoms with Crippen molar-refractivity contribution in [3.63, 3.8) is 0 Å². The Morgan fingerprint density at radius 1 is 1.43 bits per heavy atom. The number of hydrogen-bond acceptors (Lipinski definition) is 4. The van der Waals surface area contributed by atoms with Crippen LogP contribution in [0.4, 0.5) is 0 Å². The van der Waals surface area contributed by atoms with Crippen molar-refractivity contribution in [3.8, 4) is 0 Å². The fraction of sp³-hybridized carbons (Fsp3) is 0.467. The van der Waals surface area contributed by atoms with Crippen molar-refractivity contribution in [2.75, 3.05) is 13.1 Å². The van der Waals surface area contributed by atoms with Gasteiger partial charge in [-0.25, -0.2) is 0 Å². The summed E-state index contributed by atoms with van der Waals surface area (Å²) in [5.74, 6) is 0.337. The summed E-state index contributed by atoms with van der Waals surface area (Å²) in [6.45, 7) is 5.49. The van der Waals surface area contributed by atoms with E-state index in [1.54, 1.807) is 4.90 Å². The second-order valence-electron chi connectivity index (χ2n) is 5.49. The number of nitrogens with zero attached hydrogens (tertiary/aromatic N) is 3. The number of rotatable bonds is 5. The highest BCUT2D eigenvalue weighted by Gasteiger charge is 2.22. The van der Waals surface area contributed by atoms with Crippen molar-refractivity contribution in [2.45, 2.75) is 32.7 Å². The topological polar surface area (TPSA) is 84.1 Å². The number of carbonyl (C=O) groups excluding carboxylic acids is 1. The smallest absolute Gasteiger partial charge is 0.242 e. The third-order valence-electron chi connectivity index (χ3n) is 3.66. The fourth-order valence-electron chi connectivity index (χ4n) is 2.35. The van der Waals surface area contributed by atoms with Crippen LogP contribution in [0.2, 0.25) is 0 Å². The molecule has 1 amide bonds. The van der Waals surface area contributed by atoms with Gasteiger partial charge in [0.15, 0.2) is 0 Å². The molecule has 0 spiro atoms. The van der Waals surface area contributed by atoms with Crippen LogP contribution in [0, 0.1) is 10.8 Å². The first kappa shape index (κ1) is 15.2. The number of carbonyl (C=O) groups is 1. The first-order valence-corrected chi connectivity index (χ1v) is 7.08. The molecule has 0 aromatic carbocycles. The molecule has 0 atom stereocenters. The maximum absolute atomic E-state index is 12.2. The van der Waals surface area contributed by atoms with Gasteiger partial charge in [-0.05, 0) is 17.5 Å². The molecule has 6 heteroatoms. The quantitative estimate of drug-likeness (QED) is 0.637. The number of aromatic nitrogens is 1. The molecule has 1 aliphatic heterocycles. The molecule has 0 aliphatic carbocycles. The average molecular weight is 287 g/mol. The maximum atomic E-state index is 12.2. The maximum Gasteiger partial charge on any atom is 0.242 e. The zero-order valence-corrected chi connectivity index (χ0v) is 12.5. The molecule has 2 heterocycles. The van der Waals surface area contributed by atoms with Gasteiger partial charge in [0.2, 0.25) is 5.91 Å². The predicted molar refractivity (Wildman–Crippen MR) is 81.7 cm³/mol. The van der Waals surface area contributed by atoms with Crippen LogP contribution in [0.15, 0.2) is 12.1 Å². The van der Waals surface area contributed by atoms with E-state index >= 15 is 0 Å². The Labute approximate surface area is 124 Å². The minimum Gasteiger partial charge on any atom is -0.336 e. The molecule has 2 rings (SSSR count). The Hall–Kier alpha value is -2.24. The van der Waals surface area contributed by atoms with Gasteiger partial charge >= 0.3 is 0 Å². The van der Waals surface area contributed by atoms with E-state index in [2.05, 4.69) is 24.9 Å². The highest BCUT2D eigenvalue weighted by atomic mass is 16.2. The van der Waals surface area contributed by atoms with Gasteiger partial charge in [-0.15, -0.1) is 0 Å². The SMILES string of the molecule is CC(C)c1ccc2c(n1)CCN(C(=O)CN(C=N)C=N)C2. The van der Waals surface area contributed by atoms with Crippen LogP contribution in [0.3, 0.4) is 0 Å². The monoisotopic (exact) mass is 287 g/mol. The summed E-state index contributed by atoms with van der Waals surface area (Å²) in [5, 5.41) is 14.2. The van der Waals surface area contributed by atoms with Crippen molar-refractivity contribution in [1.82, 2.24) is 14.8 Å². The lowest BCUT2D eigenvalue weighted by Crippen LogP contribution is -2.42. The van der Waals surface area contributed by atoms with E-state index < -0.39 is 0 Å². The van der Waals surface area contributed by atoms with Crippen molar-refractivity contribution < 1.29 is 4.79 Å². The average Bonchev–Trinajstić information content (AvgIpc) is 2.51. The van der Waals surface area contributed by atoms with Crippen molar-refractivity contribution in [3.05, 3.63) is 29.1 Å². The zero-order chi connectivity index (χ0) is 15.4. The Bertz CT molecular complexity index is 547. The van der Waals surface area contributed by atoms with Gasteiger partial charge in [0.1, 0.15) is 6.54 Å². The molecule has 112 valence electrons. The predicted octanol–water partition coefficient (Wildman–Crippen LogP) is 1.61. The second kappa shape index (κ2) is 6.47. The Morgan fingerprint density at radius 3 is 2.76 bits per heavy atom. The molecule has 1 aromatic heterocycles. The van der Waals surface area contributed by atoms with Crippen LogP contribution < -0.4 is 0 Å². The highest BCUT2D eigenvalue weighted by molar-refractivity contribution is 5.85. The summed E-state index contributed by atoms with van der Waals surface area (Å²) >= 11 is 0. The highest BCUT2D eigenvalue weighted by Crippen LogP contribution is 2.20. The van der Waals surface area contributed by atoms with Crippen LogP contribution in [-0.4, -0.2) is 46.5 Å². The molecular formula is C15H21N5O. The first-order chi connectivity index (χ1) is 10.0. The van der Waals surface area contributed by atoms with Crippen LogP contribution >= 0.6 is 0 Å². The number of fused-ring (bicyclic) bond motifs is 1. The van der Waals surface area contributed by atoms with E-state index in [0.717, 1.165) is 36.0 Å². The largest absolute Gasteiger partial charge is 0.336 e. The van der Waals surface area contributed by atoms with E-state index in [9.17, 15) is 4.79 Å². The zero-order valence-electron chi connectivity index (χ0n) is 12.5. The summed E-state index contributed by atoms with van der Waals surface area (Å²) in [6, 6.07) is 4.08. The summed E-state index contributed by atoms with van der Waals surface area (Å²) in [7, 11) is 0. The molecule has 6 nitrogen and oxygen atoms in total. The van der Waals surface area contributed by atoms with E-state index in [0.29, 0.717) is 19.0 Å². The van der Waals surface area contributed by atoms with Gasteiger partial charge < -0.3 is 9.80 Å². The second-order valence-corrected chi connectivity index (χ2v) is 5.49. The lowest BCUT2D eigenvalue weighted by atomic mass is 10.0. The summed E-state index contributed by atoms with van der Waals surface area (Å²) < 4.78 is 0. The van der Waals surface area contributed by atoms with Crippen molar-refractivity contribution in [1.29, 1.82) is 10.8 Å². The molecule has 0 unspecified atom stereocenters. The van der Waals surface area contributed by atoms with E-state index in [-0.39, 0.29) is 12.5 Å². The molecule has 0 fully saturated rings. The van der Waals surface area contributed by atoms with Crippen molar-refractivity contribution in [2.24, 2.45) is 0 Å². The van der Waals surface area contributed by atoms with Crippen molar-refractivity contribution >= 4 is 18.6 Å². The summed E-state index contributed by atoms with van der Waals surface area (Å²) in [5.41, 5.74) is 3.27. The third kappa shape index (κ3) is 3.45. The Morgan fingerprint density at radius 2 is 2.14 bits per heavy atom. The summed E-state index contributed by atoms with van der Waals surface area (Å²) in [4.78, 5) is 19.9. The van der Waals surface area contributed by atoms with Crippen LogP contribution in [0.5, 0.6) is 0 Å². The van der Waals surface area contributed by atoms with Gasteiger partial charge in [-0.3, -0.25) is 20.6 Å². The molecule has 2 N–H and O–H groups in total. The van der Waals surface area contributed by atoms with Gasteiger partial charge in [-0.1, -0.05) is 19.9 Å². The fourth-order valence-corrected chi connectivity index (χ4v) is 2.35. The van der Waals surface area contributed by atoms with Crippen LogP contribution in [0.1, 0.15) is 36.7 Å². The first-order valence-electron chi connectivity index (χ1n) is 7.08. The molecule has 21 heavy (non-hydrogen) atoms. The standard InChI is InChI=1S/C15H21N5O/c1-11(2)13-4-3-12-7-20(6-5-14(12)18-13)15(21)8-19(9-16)10-17/h3-4,9-11,16-17H,5-8H2,1-2H3. The molecule has 0 saturated carbocycles. The molecule has 1 aliphatic rings. The summed E-state index contributed by atoms with van der Waals surface area (Å²) in [6.07, 6.45) is 2.73. The Kier molecular flexibility index (Phi) is 4.67. The van der Waals surface area contributed by atoms with E-state index in [4.69, 9.17) is 10.8 Å². The molecule has 0 bridgehead atoms. The van der Waals surface area contributed by atoms with Crippen LogP contribution in [-0.2, 0) is 17.8 Å². The number of amides is 1. The normalized spacial score (nSPS) is 13.8. The van der Waals surface area contributed by atoms with Gasteiger partial charge in [-0.2, -0.15) is 0 Å². The Balaban J connectivity index is 2.07. The van der Waals surface area contributed by atoms with Gasteiger partial charge in [0, 0.05) is 30.9 Å². The van der Waals surface area contributed by atoms with Gasteiger partial charge in [0.05, 0.1) is 12.7 Å². The minimum atomic E-state index is -0.0689. The minimum absolute atomic E-state index is 0.0415. The molecule has 0 saturated heterocycles. The third-order valence-corrected chi connectivity index (χ3v) is 3.66. The number of pyridine rings is 1. The number of nitrogens with one attached hydrogen (secondary N) is 2. The molecular weight excluding hydrogens is 266 g/mol. The van der Waals surface area contributed by atoms with E-state index in [1.165, 1.54) is 4.90 Å².